The van der Waals surface area contributed by atoms with Gasteiger partial charge in [-0.25, -0.2) is 0 Å². The summed E-state index contributed by atoms with van der Waals surface area (Å²) in [6.07, 6.45) is 12.8. The SMILES string of the molecule is CCCCCCCCCOc1ccc2c(c1)[C@@H](N)CCC2. The minimum absolute atomic E-state index is 0.205. The first kappa shape index (κ1) is 16.4. The molecule has 0 fully saturated rings. The summed E-state index contributed by atoms with van der Waals surface area (Å²) < 4.78 is 5.89. The van der Waals surface area contributed by atoms with E-state index in [1.54, 1.807) is 0 Å². The average Bonchev–Trinajstić information content (AvgIpc) is 2.51. The second-order valence-electron chi connectivity index (χ2n) is 6.33. The molecular weight excluding hydrogens is 258 g/mol. The molecule has 21 heavy (non-hydrogen) atoms. The van der Waals surface area contributed by atoms with Crippen molar-refractivity contribution in [2.24, 2.45) is 5.73 Å². The Balaban J connectivity index is 1.66. The summed E-state index contributed by atoms with van der Waals surface area (Å²) in [6.45, 7) is 3.10. The molecule has 2 rings (SSSR count). The highest BCUT2D eigenvalue weighted by Crippen LogP contribution is 2.30. The maximum absolute atomic E-state index is 6.19. The number of hydrogen-bond donors (Lipinski definition) is 1. The van der Waals surface area contributed by atoms with E-state index in [0.717, 1.165) is 25.2 Å². The summed E-state index contributed by atoms with van der Waals surface area (Å²) in [6, 6.07) is 6.68. The van der Waals surface area contributed by atoms with E-state index < -0.39 is 0 Å². The summed E-state index contributed by atoms with van der Waals surface area (Å²) >= 11 is 0. The predicted molar refractivity (Wildman–Crippen MR) is 89.8 cm³/mol. The third kappa shape index (κ3) is 5.35. The van der Waals surface area contributed by atoms with Crippen molar-refractivity contribution in [3.8, 4) is 5.75 Å². The molecule has 2 heteroatoms. The summed E-state index contributed by atoms with van der Waals surface area (Å²) in [5, 5.41) is 0. The topological polar surface area (TPSA) is 35.2 Å². The molecule has 0 spiro atoms. The molecule has 0 saturated heterocycles. The van der Waals surface area contributed by atoms with Crippen molar-refractivity contribution in [2.75, 3.05) is 6.61 Å². The van der Waals surface area contributed by atoms with Gasteiger partial charge in [-0.3, -0.25) is 0 Å². The zero-order valence-corrected chi connectivity index (χ0v) is 13.6. The number of aryl methyl sites for hydroxylation is 1. The molecule has 2 nitrogen and oxygen atoms in total. The monoisotopic (exact) mass is 289 g/mol. The molecule has 0 unspecified atom stereocenters. The molecule has 1 atom stereocenters. The van der Waals surface area contributed by atoms with Crippen molar-refractivity contribution in [1.82, 2.24) is 0 Å². The van der Waals surface area contributed by atoms with Crippen LogP contribution in [0.3, 0.4) is 0 Å². The van der Waals surface area contributed by atoms with Gasteiger partial charge in [-0.15, -0.1) is 0 Å². The van der Waals surface area contributed by atoms with Gasteiger partial charge in [0.15, 0.2) is 0 Å². The molecule has 0 heterocycles. The zero-order chi connectivity index (χ0) is 14.9. The molecule has 1 aliphatic carbocycles. The Morgan fingerprint density at radius 1 is 1.10 bits per heavy atom. The normalized spacial score (nSPS) is 17.5. The maximum atomic E-state index is 6.19. The Kier molecular flexibility index (Phi) is 7.08. The lowest BCUT2D eigenvalue weighted by molar-refractivity contribution is 0.303. The fraction of sp³-hybridized carbons (Fsp3) is 0.684. The zero-order valence-electron chi connectivity index (χ0n) is 13.6. The van der Waals surface area contributed by atoms with Crippen molar-refractivity contribution in [1.29, 1.82) is 0 Å². The number of nitrogens with two attached hydrogens (primary N) is 1. The van der Waals surface area contributed by atoms with Crippen LogP contribution in [-0.4, -0.2) is 6.61 Å². The van der Waals surface area contributed by atoms with E-state index in [1.165, 1.54) is 62.5 Å². The average molecular weight is 289 g/mol. The first-order valence-corrected chi connectivity index (χ1v) is 8.82. The quantitative estimate of drug-likeness (QED) is 0.638. The van der Waals surface area contributed by atoms with Crippen molar-refractivity contribution < 1.29 is 4.74 Å². The molecule has 1 aromatic carbocycles. The Bertz CT molecular complexity index is 416. The first-order chi connectivity index (χ1) is 10.3. The fourth-order valence-corrected chi connectivity index (χ4v) is 3.15. The number of unbranched alkanes of at least 4 members (excludes halogenated alkanes) is 6. The van der Waals surface area contributed by atoms with Gasteiger partial charge in [0.05, 0.1) is 6.61 Å². The van der Waals surface area contributed by atoms with Crippen LogP contribution >= 0.6 is 0 Å². The lowest BCUT2D eigenvalue weighted by Gasteiger charge is -2.22. The number of hydrogen-bond acceptors (Lipinski definition) is 2. The number of fused-ring (bicyclic) bond motifs is 1. The van der Waals surface area contributed by atoms with Gasteiger partial charge in [-0.05, 0) is 48.9 Å². The molecule has 2 N–H and O–H groups in total. The fourth-order valence-electron chi connectivity index (χ4n) is 3.15. The standard InChI is InChI=1S/C19H31NO/c1-2-3-4-5-6-7-8-14-21-17-13-12-16-10-9-11-19(20)18(16)15-17/h12-13,15,19H,2-11,14,20H2,1H3/t19-/m0/s1. The summed E-state index contributed by atoms with van der Waals surface area (Å²) in [7, 11) is 0. The predicted octanol–water partition coefficient (Wildman–Crippen LogP) is 5.15. The van der Waals surface area contributed by atoms with E-state index >= 15 is 0 Å². The Morgan fingerprint density at radius 3 is 2.67 bits per heavy atom. The first-order valence-electron chi connectivity index (χ1n) is 8.82. The Morgan fingerprint density at radius 2 is 1.86 bits per heavy atom. The maximum Gasteiger partial charge on any atom is 0.119 e. The summed E-state index contributed by atoms with van der Waals surface area (Å²) in [4.78, 5) is 0. The van der Waals surface area contributed by atoms with Gasteiger partial charge in [0.25, 0.3) is 0 Å². The van der Waals surface area contributed by atoms with E-state index in [0.29, 0.717) is 0 Å². The molecule has 118 valence electrons. The van der Waals surface area contributed by atoms with Gasteiger partial charge in [0.2, 0.25) is 0 Å². The summed E-state index contributed by atoms with van der Waals surface area (Å²) in [5.74, 6) is 0.997. The molecule has 0 aromatic heterocycles. The molecule has 0 amide bonds. The van der Waals surface area contributed by atoms with E-state index in [4.69, 9.17) is 10.5 Å². The van der Waals surface area contributed by atoms with Crippen LogP contribution in [-0.2, 0) is 6.42 Å². The third-order valence-corrected chi connectivity index (χ3v) is 4.49. The minimum Gasteiger partial charge on any atom is -0.494 e. The van der Waals surface area contributed by atoms with E-state index in [2.05, 4.69) is 25.1 Å². The van der Waals surface area contributed by atoms with E-state index in [1.807, 2.05) is 0 Å². The van der Waals surface area contributed by atoms with Gasteiger partial charge in [-0.2, -0.15) is 0 Å². The highest BCUT2D eigenvalue weighted by molar-refractivity contribution is 5.39. The van der Waals surface area contributed by atoms with Crippen LogP contribution in [0.2, 0.25) is 0 Å². The highest BCUT2D eigenvalue weighted by atomic mass is 16.5. The smallest absolute Gasteiger partial charge is 0.119 e. The molecule has 0 radical (unpaired) electrons. The van der Waals surface area contributed by atoms with Crippen molar-refractivity contribution in [3.05, 3.63) is 29.3 Å². The molecule has 0 bridgehead atoms. The van der Waals surface area contributed by atoms with Crippen LogP contribution < -0.4 is 10.5 Å². The summed E-state index contributed by atoms with van der Waals surface area (Å²) in [5.41, 5.74) is 8.91. The Labute approximate surface area is 130 Å². The van der Waals surface area contributed by atoms with E-state index in [9.17, 15) is 0 Å². The van der Waals surface area contributed by atoms with Crippen molar-refractivity contribution >= 4 is 0 Å². The molecule has 0 saturated carbocycles. The largest absolute Gasteiger partial charge is 0.494 e. The number of benzene rings is 1. The van der Waals surface area contributed by atoms with Crippen LogP contribution in [0.4, 0.5) is 0 Å². The third-order valence-electron chi connectivity index (χ3n) is 4.49. The van der Waals surface area contributed by atoms with Crippen LogP contribution in [0.15, 0.2) is 18.2 Å². The highest BCUT2D eigenvalue weighted by Gasteiger charge is 2.17. The molecular formula is C19H31NO. The van der Waals surface area contributed by atoms with Crippen LogP contribution in [0, 0.1) is 0 Å². The Hall–Kier alpha value is -1.02. The van der Waals surface area contributed by atoms with Crippen LogP contribution in [0.5, 0.6) is 5.75 Å². The second-order valence-corrected chi connectivity index (χ2v) is 6.33. The van der Waals surface area contributed by atoms with Gasteiger partial charge in [0, 0.05) is 6.04 Å². The lowest BCUT2D eigenvalue weighted by atomic mass is 9.88. The van der Waals surface area contributed by atoms with Crippen molar-refractivity contribution in [3.63, 3.8) is 0 Å². The number of ether oxygens (including phenoxy) is 1. The van der Waals surface area contributed by atoms with Crippen LogP contribution in [0.25, 0.3) is 0 Å². The minimum atomic E-state index is 0.205. The molecule has 0 aliphatic heterocycles. The van der Waals surface area contributed by atoms with Gasteiger partial charge < -0.3 is 10.5 Å². The lowest BCUT2D eigenvalue weighted by Crippen LogP contribution is -2.17. The van der Waals surface area contributed by atoms with Crippen molar-refractivity contribution in [2.45, 2.75) is 77.2 Å². The van der Waals surface area contributed by atoms with E-state index in [-0.39, 0.29) is 6.04 Å². The molecule has 1 aliphatic rings. The van der Waals surface area contributed by atoms with Gasteiger partial charge in [0.1, 0.15) is 5.75 Å². The van der Waals surface area contributed by atoms with Gasteiger partial charge >= 0.3 is 0 Å². The number of rotatable bonds is 9. The second kappa shape index (κ2) is 9.09. The van der Waals surface area contributed by atoms with Gasteiger partial charge in [-0.1, -0.05) is 51.5 Å². The van der Waals surface area contributed by atoms with Crippen LogP contribution in [0.1, 0.15) is 81.9 Å². The molecule has 1 aromatic rings.